The van der Waals surface area contributed by atoms with Crippen LogP contribution >= 0.6 is 0 Å². The number of carbonyl (C=O) groups is 1. The van der Waals surface area contributed by atoms with Crippen molar-refractivity contribution in [2.75, 3.05) is 39.8 Å². The third-order valence-corrected chi connectivity index (χ3v) is 4.78. The maximum absolute atomic E-state index is 12.1. The van der Waals surface area contributed by atoms with Gasteiger partial charge in [-0.25, -0.2) is 4.79 Å². The summed E-state index contributed by atoms with van der Waals surface area (Å²) in [6, 6.07) is 0.499. The van der Waals surface area contributed by atoms with Gasteiger partial charge in [-0.2, -0.15) is 0 Å². The molecule has 0 atom stereocenters. The van der Waals surface area contributed by atoms with Gasteiger partial charge < -0.3 is 25.0 Å². The lowest BCUT2D eigenvalue weighted by Crippen LogP contribution is -2.54. The van der Waals surface area contributed by atoms with Gasteiger partial charge in [-0.05, 0) is 66.6 Å². The minimum absolute atomic E-state index is 0.275. The minimum Gasteiger partial charge on any atom is -0.444 e. The highest BCUT2D eigenvalue weighted by Crippen LogP contribution is 2.23. The average molecular weight is 327 g/mol. The number of nitrogens with one attached hydrogen (secondary N) is 1. The predicted octanol–water partition coefficient (Wildman–Crippen LogP) is 1.43. The zero-order valence-electron chi connectivity index (χ0n) is 15.1. The normalized spacial score (nSPS) is 23.8. The minimum atomic E-state index is -0.706. The summed E-state index contributed by atoms with van der Waals surface area (Å²) < 4.78 is 5.40. The van der Waals surface area contributed by atoms with Gasteiger partial charge in [0.2, 0.25) is 0 Å². The fourth-order valence-corrected chi connectivity index (χ4v) is 3.16. The van der Waals surface area contributed by atoms with Crippen molar-refractivity contribution < 1.29 is 14.6 Å². The number of rotatable bonds is 3. The lowest BCUT2D eigenvalue weighted by atomic mass is 9.90. The zero-order chi connectivity index (χ0) is 17.1. The van der Waals surface area contributed by atoms with Crippen molar-refractivity contribution in [3.8, 4) is 0 Å². The van der Waals surface area contributed by atoms with Gasteiger partial charge in [-0.3, -0.25) is 0 Å². The Hall–Kier alpha value is -0.850. The first-order valence-electron chi connectivity index (χ1n) is 8.79. The van der Waals surface area contributed by atoms with Crippen molar-refractivity contribution in [1.82, 2.24) is 15.1 Å². The van der Waals surface area contributed by atoms with E-state index in [4.69, 9.17) is 4.74 Å². The molecular formula is C17H33N3O3. The molecule has 2 rings (SSSR count). The summed E-state index contributed by atoms with van der Waals surface area (Å²) in [5.41, 5.74) is -1.18. The Kier molecular flexibility index (Phi) is 5.92. The summed E-state index contributed by atoms with van der Waals surface area (Å²) >= 11 is 0. The molecule has 2 aliphatic heterocycles. The standard InChI is InChI=1S/C17H33N3O3/c1-16(2,3)23-15(21)20-11-7-17(22,8-12-20)13-18-14-5-9-19(4)10-6-14/h14,18,22H,5-13H2,1-4H3. The van der Waals surface area contributed by atoms with Gasteiger partial charge in [0.15, 0.2) is 0 Å². The van der Waals surface area contributed by atoms with E-state index in [1.54, 1.807) is 4.90 Å². The molecule has 134 valence electrons. The topological polar surface area (TPSA) is 65.0 Å². The van der Waals surface area contributed by atoms with Crippen LogP contribution in [-0.2, 0) is 4.74 Å². The second kappa shape index (κ2) is 7.36. The van der Waals surface area contributed by atoms with Gasteiger partial charge in [0.1, 0.15) is 5.60 Å². The van der Waals surface area contributed by atoms with Crippen LogP contribution in [0.5, 0.6) is 0 Å². The molecule has 2 fully saturated rings. The molecule has 2 N–H and O–H groups in total. The van der Waals surface area contributed by atoms with Gasteiger partial charge in [-0.1, -0.05) is 0 Å². The van der Waals surface area contributed by atoms with Crippen LogP contribution in [0, 0.1) is 0 Å². The van der Waals surface area contributed by atoms with Gasteiger partial charge in [-0.15, -0.1) is 0 Å². The molecule has 0 aromatic rings. The molecule has 6 nitrogen and oxygen atoms in total. The van der Waals surface area contributed by atoms with Crippen molar-refractivity contribution in [3.05, 3.63) is 0 Å². The molecule has 0 aromatic carbocycles. The number of aliphatic hydroxyl groups is 1. The molecule has 0 unspecified atom stereocenters. The van der Waals surface area contributed by atoms with Crippen molar-refractivity contribution in [3.63, 3.8) is 0 Å². The lowest BCUT2D eigenvalue weighted by Gasteiger charge is -2.40. The van der Waals surface area contributed by atoms with Crippen LogP contribution in [-0.4, -0.2) is 78.0 Å². The lowest BCUT2D eigenvalue weighted by molar-refractivity contribution is -0.0329. The van der Waals surface area contributed by atoms with Crippen LogP contribution in [0.4, 0.5) is 4.79 Å². The van der Waals surface area contributed by atoms with Gasteiger partial charge in [0.05, 0.1) is 5.60 Å². The number of piperidine rings is 2. The molecule has 2 aliphatic rings. The van der Waals surface area contributed by atoms with Gasteiger partial charge in [0.25, 0.3) is 0 Å². The molecule has 0 bridgehead atoms. The number of ether oxygens (including phenoxy) is 1. The summed E-state index contributed by atoms with van der Waals surface area (Å²) in [7, 11) is 2.15. The molecule has 6 heteroatoms. The Morgan fingerprint density at radius 2 is 1.78 bits per heavy atom. The smallest absolute Gasteiger partial charge is 0.410 e. The van der Waals surface area contributed by atoms with E-state index >= 15 is 0 Å². The van der Waals surface area contributed by atoms with Crippen LogP contribution in [0.2, 0.25) is 0 Å². The Labute approximate surface area is 140 Å². The highest BCUT2D eigenvalue weighted by Gasteiger charge is 2.35. The van der Waals surface area contributed by atoms with Crippen LogP contribution in [0.15, 0.2) is 0 Å². The third kappa shape index (κ3) is 5.94. The first kappa shape index (κ1) is 18.5. The summed E-state index contributed by atoms with van der Waals surface area (Å²) in [5.74, 6) is 0. The fourth-order valence-electron chi connectivity index (χ4n) is 3.16. The number of carbonyl (C=O) groups excluding carboxylic acids is 1. The average Bonchev–Trinajstić information content (AvgIpc) is 2.46. The molecule has 0 saturated carbocycles. The summed E-state index contributed by atoms with van der Waals surface area (Å²) in [6.07, 6.45) is 3.20. The molecule has 0 spiro atoms. The molecule has 0 radical (unpaired) electrons. The molecule has 1 amide bonds. The van der Waals surface area contributed by atoms with Crippen molar-refractivity contribution in [2.45, 2.75) is 63.7 Å². The highest BCUT2D eigenvalue weighted by atomic mass is 16.6. The highest BCUT2D eigenvalue weighted by molar-refractivity contribution is 5.68. The Morgan fingerprint density at radius 1 is 1.22 bits per heavy atom. The van der Waals surface area contributed by atoms with E-state index in [0.29, 0.717) is 38.5 Å². The van der Waals surface area contributed by atoms with Crippen molar-refractivity contribution in [2.24, 2.45) is 0 Å². The van der Waals surface area contributed by atoms with Crippen LogP contribution in [0.25, 0.3) is 0 Å². The summed E-state index contributed by atoms with van der Waals surface area (Å²) in [5, 5.41) is 14.3. The first-order valence-corrected chi connectivity index (χ1v) is 8.79. The fraction of sp³-hybridized carbons (Fsp3) is 0.941. The van der Waals surface area contributed by atoms with Crippen LogP contribution in [0.3, 0.4) is 0 Å². The summed E-state index contributed by atoms with van der Waals surface area (Å²) in [6.45, 7) is 9.57. The Morgan fingerprint density at radius 3 is 2.30 bits per heavy atom. The van der Waals surface area contributed by atoms with E-state index < -0.39 is 11.2 Å². The first-order chi connectivity index (χ1) is 10.7. The Balaban J connectivity index is 1.73. The number of hydrogen-bond acceptors (Lipinski definition) is 5. The van der Waals surface area contributed by atoms with E-state index in [-0.39, 0.29) is 6.09 Å². The molecule has 2 heterocycles. The number of hydrogen-bond donors (Lipinski definition) is 2. The van der Waals surface area contributed by atoms with Crippen molar-refractivity contribution >= 4 is 6.09 Å². The molecule has 0 aliphatic carbocycles. The summed E-state index contributed by atoms with van der Waals surface area (Å²) in [4.78, 5) is 16.1. The van der Waals surface area contributed by atoms with E-state index in [1.165, 1.54) is 0 Å². The SMILES string of the molecule is CN1CCC(NCC2(O)CCN(C(=O)OC(C)(C)C)CC2)CC1. The second-order valence-electron chi connectivity index (χ2n) is 8.15. The molecule has 23 heavy (non-hydrogen) atoms. The molecule has 0 aromatic heterocycles. The molecule has 2 saturated heterocycles. The number of nitrogens with zero attached hydrogens (tertiary/aromatic N) is 2. The second-order valence-corrected chi connectivity index (χ2v) is 8.15. The quantitative estimate of drug-likeness (QED) is 0.821. The van der Waals surface area contributed by atoms with Gasteiger partial charge >= 0.3 is 6.09 Å². The molecular weight excluding hydrogens is 294 g/mol. The third-order valence-electron chi connectivity index (χ3n) is 4.78. The zero-order valence-corrected chi connectivity index (χ0v) is 15.1. The maximum atomic E-state index is 12.1. The number of amides is 1. The van der Waals surface area contributed by atoms with E-state index in [2.05, 4.69) is 17.3 Å². The Bertz CT molecular complexity index is 392. The van der Waals surface area contributed by atoms with Crippen molar-refractivity contribution in [1.29, 1.82) is 0 Å². The maximum Gasteiger partial charge on any atom is 0.410 e. The van der Waals surface area contributed by atoms with E-state index in [0.717, 1.165) is 25.9 Å². The van der Waals surface area contributed by atoms with E-state index in [9.17, 15) is 9.90 Å². The van der Waals surface area contributed by atoms with E-state index in [1.807, 2.05) is 20.8 Å². The largest absolute Gasteiger partial charge is 0.444 e. The monoisotopic (exact) mass is 327 g/mol. The van der Waals surface area contributed by atoms with Gasteiger partial charge in [0, 0.05) is 25.7 Å². The van der Waals surface area contributed by atoms with Crippen LogP contribution in [0.1, 0.15) is 46.5 Å². The predicted molar refractivity (Wildman–Crippen MR) is 90.5 cm³/mol. The van der Waals surface area contributed by atoms with Crippen LogP contribution < -0.4 is 5.32 Å². The number of likely N-dealkylation sites (tertiary alicyclic amines) is 2.